The van der Waals surface area contributed by atoms with Gasteiger partial charge in [0.1, 0.15) is 0 Å². The van der Waals surface area contributed by atoms with Crippen LogP contribution in [0.15, 0.2) is 42.5 Å². The molecule has 1 unspecified atom stereocenters. The third kappa shape index (κ3) is 2.49. The Balaban J connectivity index is 1.85. The molecule has 0 saturated carbocycles. The van der Waals surface area contributed by atoms with E-state index in [1.807, 2.05) is 0 Å². The Bertz CT molecular complexity index is 510. The largest absolute Gasteiger partial charge is 0.382 e. The topological polar surface area (TPSA) is 21.3 Å². The highest BCUT2D eigenvalue weighted by Crippen LogP contribution is 2.25. The van der Waals surface area contributed by atoms with Crippen LogP contribution in [0.1, 0.15) is 19.3 Å². The lowest BCUT2D eigenvalue weighted by Crippen LogP contribution is -2.19. The average Bonchev–Trinajstić information content (AvgIpc) is 2.68. The van der Waals surface area contributed by atoms with E-state index in [2.05, 4.69) is 47.8 Å². The molecule has 0 aromatic heterocycles. The molecule has 0 radical (unpaired) electrons. The predicted octanol–water partition coefficient (Wildman–Crippen LogP) is 3.82. The van der Waals surface area contributed by atoms with Crippen LogP contribution in [0.3, 0.4) is 0 Å². The Hall–Kier alpha value is -1.54. The second-order valence-corrected chi connectivity index (χ2v) is 4.91. The normalized spacial score (nSPS) is 20.6. The molecule has 0 amide bonds. The molecule has 2 aromatic carbocycles. The van der Waals surface area contributed by atoms with Gasteiger partial charge in [0.2, 0.25) is 0 Å². The van der Waals surface area contributed by atoms with Crippen molar-refractivity contribution in [3.05, 3.63) is 42.5 Å². The zero-order valence-electron chi connectivity index (χ0n) is 10.6. The first kappa shape index (κ1) is 11.5. The number of rotatable bonds is 2. The van der Waals surface area contributed by atoms with Crippen molar-refractivity contribution in [1.29, 1.82) is 0 Å². The van der Waals surface area contributed by atoms with Crippen LogP contribution >= 0.6 is 0 Å². The third-order valence-electron chi connectivity index (χ3n) is 3.60. The van der Waals surface area contributed by atoms with Crippen molar-refractivity contribution in [2.24, 2.45) is 0 Å². The van der Waals surface area contributed by atoms with Crippen molar-refractivity contribution in [2.45, 2.75) is 25.3 Å². The van der Waals surface area contributed by atoms with Gasteiger partial charge in [-0.1, -0.05) is 36.4 Å². The lowest BCUT2D eigenvalue weighted by molar-refractivity contribution is 0.144. The fraction of sp³-hybridized carbons (Fsp3) is 0.375. The molecule has 1 heterocycles. The molecule has 1 aliphatic heterocycles. The van der Waals surface area contributed by atoms with E-state index in [1.54, 1.807) is 0 Å². The van der Waals surface area contributed by atoms with Crippen LogP contribution in [-0.2, 0) is 4.74 Å². The van der Waals surface area contributed by atoms with E-state index in [-0.39, 0.29) is 0 Å². The average molecular weight is 241 g/mol. The first-order chi connectivity index (χ1) is 8.93. The molecule has 2 heteroatoms. The molecule has 2 aromatic rings. The lowest BCUT2D eigenvalue weighted by Gasteiger charge is -2.18. The summed E-state index contributed by atoms with van der Waals surface area (Å²) in [6.07, 6.45) is 3.45. The van der Waals surface area contributed by atoms with Crippen molar-refractivity contribution >= 4 is 16.5 Å². The highest BCUT2D eigenvalue weighted by atomic mass is 16.5. The zero-order valence-corrected chi connectivity index (χ0v) is 10.6. The Morgan fingerprint density at radius 3 is 2.83 bits per heavy atom. The van der Waals surface area contributed by atoms with E-state index in [4.69, 9.17) is 4.74 Å². The van der Waals surface area contributed by atoms with Crippen molar-refractivity contribution in [3.63, 3.8) is 0 Å². The molecule has 18 heavy (non-hydrogen) atoms. The summed E-state index contributed by atoms with van der Waals surface area (Å²) < 4.78 is 5.51. The van der Waals surface area contributed by atoms with E-state index < -0.39 is 0 Å². The standard InChI is InChI=1S/C16H19NO/c1-2-8-15-13(5-1)6-3-9-16(15)17-14-7-4-11-18-12-10-14/h1-3,5-6,8-9,14,17H,4,7,10-12H2. The van der Waals surface area contributed by atoms with E-state index in [0.717, 1.165) is 26.1 Å². The smallest absolute Gasteiger partial charge is 0.0485 e. The highest BCUT2D eigenvalue weighted by Gasteiger charge is 2.12. The van der Waals surface area contributed by atoms with Crippen LogP contribution < -0.4 is 5.32 Å². The molecule has 1 saturated heterocycles. The van der Waals surface area contributed by atoms with Gasteiger partial charge in [-0.2, -0.15) is 0 Å². The number of hydrogen-bond acceptors (Lipinski definition) is 2. The van der Waals surface area contributed by atoms with E-state index >= 15 is 0 Å². The summed E-state index contributed by atoms with van der Waals surface area (Å²) in [5.41, 5.74) is 1.25. The Labute approximate surface area is 108 Å². The molecule has 1 aliphatic rings. The number of fused-ring (bicyclic) bond motifs is 1. The summed E-state index contributed by atoms with van der Waals surface area (Å²) in [4.78, 5) is 0. The minimum atomic E-state index is 0.540. The van der Waals surface area contributed by atoms with Crippen LogP contribution in [0, 0.1) is 0 Å². The van der Waals surface area contributed by atoms with Gasteiger partial charge in [0, 0.05) is 30.3 Å². The van der Waals surface area contributed by atoms with E-state index in [9.17, 15) is 0 Å². The Morgan fingerprint density at radius 1 is 0.944 bits per heavy atom. The maximum Gasteiger partial charge on any atom is 0.0485 e. The monoisotopic (exact) mass is 241 g/mol. The summed E-state index contributed by atoms with van der Waals surface area (Å²) >= 11 is 0. The van der Waals surface area contributed by atoms with Crippen LogP contribution in [0.5, 0.6) is 0 Å². The van der Waals surface area contributed by atoms with E-state index in [1.165, 1.54) is 22.9 Å². The number of anilines is 1. The molecule has 0 aliphatic carbocycles. The minimum absolute atomic E-state index is 0.540. The number of hydrogen-bond donors (Lipinski definition) is 1. The zero-order chi connectivity index (χ0) is 12.2. The fourth-order valence-electron chi connectivity index (χ4n) is 2.62. The molecule has 0 spiro atoms. The van der Waals surface area contributed by atoms with Crippen molar-refractivity contribution in [1.82, 2.24) is 0 Å². The second-order valence-electron chi connectivity index (χ2n) is 4.91. The van der Waals surface area contributed by atoms with Gasteiger partial charge >= 0.3 is 0 Å². The molecule has 1 fully saturated rings. The Kier molecular flexibility index (Phi) is 3.47. The third-order valence-corrected chi connectivity index (χ3v) is 3.60. The first-order valence-corrected chi connectivity index (χ1v) is 6.75. The maximum atomic E-state index is 5.51. The van der Waals surface area contributed by atoms with Gasteiger partial charge in [-0.3, -0.25) is 0 Å². The molecule has 2 nitrogen and oxygen atoms in total. The summed E-state index contributed by atoms with van der Waals surface area (Å²) in [7, 11) is 0. The van der Waals surface area contributed by atoms with Gasteiger partial charge in [0.05, 0.1) is 0 Å². The number of ether oxygens (including phenoxy) is 1. The van der Waals surface area contributed by atoms with Gasteiger partial charge in [-0.25, -0.2) is 0 Å². The van der Waals surface area contributed by atoms with Crippen LogP contribution in [-0.4, -0.2) is 19.3 Å². The predicted molar refractivity (Wildman–Crippen MR) is 76.0 cm³/mol. The van der Waals surface area contributed by atoms with Gasteiger partial charge in [-0.15, -0.1) is 0 Å². The molecule has 3 rings (SSSR count). The minimum Gasteiger partial charge on any atom is -0.382 e. The molecule has 1 N–H and O–H groups in total. The second kappa shape index (κ2) is 5.40. The lowest BCUT2D eigenvalue weighted by atomic mass is 10.1. The Morgan fingerprint density at radius 2 is 1.83 bits per heavy atom. The molecule has 1 atom stereocenters. The number of nitrogens with one attached hydrogen (secondary N) is 1. The van der Waals surface area contributed by atoms with Gasteiger partial charge in [0.15, 0.2) is 0 Å². The van der Waals surface area contributed by atoms with Crippen LogP contribution in [0.4, 0.5) is 5.69 Å². The van der Waals surface area contributed by atoms with Crippen molar-refractivity contribution < 1.29 is 4.74 Å². The summed E-state index contributed by atoms with van der Waals surface area (Å²) in [6.45, 7) is 1.79. The molecular formula is C16H19NO. The van der Waals surface area contributed by atoms with E-state index in [0.29, 0.717) is 6.04 Å². The fourth-order valence-corrected chi connectivity index (χ4v) is 2.62. The molecular weight excluding hydrogens is 222 g/mol. The number of benzene rings is 2. The van der Waals surface area contributed by atoms with Gasteiger partial charge in [-0.05, 0) is 30.7 Å². The SMILES string of the molecule is c1ccc2c(NC3CCCOCC3)cccc2c1. The maximum absolute atomic E-state index is 5.51. The summed E-state index contributed by atoms with van der Waals surface area (Å²) in [5, 5.41) is 6.29. The van der Waals surface area contributed by atoms with Crippen LogP contribution in [0.2, 0.25) is 0 Å². The van der Waals surface area contributed by atoms with Crippen molar-refractivity contribution in [3.8, 4) is 0 Å². The van der Waals surface area contributed by atoms with Crippen LogP contribution in [0.25, 0.3) is 10.8 Å². The quantitative estimate of drug-likeness (QED) is 0.863. The first-order valence-electron chi connectivity index (χ1n) is 6.75. The van der Waals surface area contributed by atoms with Gasteiger partial charge < -0.3 is 10.1 Å². The van der Waals surface area contributed by atoms with Gasteiger partial charge in [0.25, 0.3) is 0 Å². The van der Waals surface area contributed by atoms with Crippen molar-refractivity contribution in [2.75, 3.05) is 18.5 Å². The summed E-state index contributed by atoms with van der Waals surface area (Å²) in [5.74, 6) is 0. The molecule has 0 bridgehead atoms. The molecule has 94 valence electrons. The highest BCUT2D eigenvalue weighted by molar-refractivity contribution is 5.93. The summed E-state index contributed by atoms with van der Waals surface area (Å²) in [6, 6.07) is 15.5.